The first kappa shape index (κ1) is 19.9. The van der Waals surface area contributed by atoms with E-state index in [9.17, 15) is 4.79 Å². The first-order valence-electron chi connectivity index (χ1n) is 7.91. The van der Waals surface area contributed by atoms with E-state index >= 15 is 0 Å². The van der Waals surface area contributed by atoms with Crippen LogP contribution in [0.1, 0.15) is 18.4 Å². The van der Waals surface area contributed by atoms with Crippen LogP contribution in [0.25, 0.3) is 0 Å². The third-order valence-corrected chi connectivity index (χ3v) is 4.18. The Balaban J connectivity index is 0.00000264. The predicted octanol–water partition coefficient (Wildman–Crippen LogP) is 1.51. The zero-order valence-electron chi connectivity index (χ0n) is 13.7. The molecule has 1 aromatic carbocycles. The van der Waals surface area contributed by atoms with Gasteiger partial charge in [-0.25, -0.2) is 0 Å². The van der Waals surface area contributed by atoms with Gasteiger partial charge in [0.15, 0.2) is 0 Å². The Morgan fingerprint density at radius 1 is 1.17 bits per heavy atom. The summed E-state index contributed by atoms with van der Waals surface area (Å²) in [4.78, 5) is 12.8. The first-order chi connectivity index (χ1) is 10.8. The number of amides is 1. The fourth-order valence-corrected chi connectivity index (χ4v) is 2.86. The molecule has 1 saturated heterocycles. The van der Waals surface area contributed by atoms with E-state index in [2.05, 4.69) is 10.6 Å². The first-order valence-corrected chi connectivity index (χ1v) is 7.91. The number of hydrogen-bond acceptors (Lipinski definition) is 4. The van der Waals surface area contributed by atoms with Crippen molar-refractivity contribution in [3.8, 4) is 0 Å². The van der Waals surface area contributed by atoms with Gasteiger partial charge in [-0.1, -0.05) is 30.3 Å². The summed E-state index contributed by atoms with van der Waals surface area (Å²) in [6.07, 6.45) is 1.47. The monoisotopic (exact) mass is 342 g/mol. The summed E-state index contributed by atoms with van der Waals surface area (Å²) in [7, 11) is 1.68. The molecule has 0 aliphatic carbocycles. The molecule has 0 atom stereocenters. The second kappa shape index (κ2) is 10.6. The third kappa shape index (κ3) is 5.46. The highest BCUT2D eigenvalue weighted by molar-refractivity contribution is 5.88. The molecule has 130 valence electrons. The summed E-state index contributed by atoms with van der Waals surface area (Å²) in [6, 6.07) is 10.1. The molecule has 0 aromatic heterocycles. The van der Waals surface area contributed by atoms with Crippen molar-refractivity contribution in [3.63, 3.8) is 0 Å². The maximum absolute atomic E-state index is 12.8. The minimum atomic E-state index is -0.452. The van der Waals surface area contributed by atoms with Crippen molar-refractivity contribution in [1.82, 2.24) is 10.6 Å². The number of rotatable bonds is 8. The normalized spacial score (nSPS) is 16.4. The lowest BCUT2D eigenvalue weighted by Gasteiger charge is -2.36. The van der Waals surface area contributed by atoms with Crippen LogP contribution in [0.5, 0.6) is 0 Å². The number of hydrogen-bond donors (Lipinski definition) is 2. The van der Waals surface area contributed by atoms with Crippen molar-refractivity contribution in [2.45, 2.75) is 18.3 Å². The van der Waals surface area contributed by atoms with Crippen molar-refractivity contribution < 1.29 is 14.3 Å². The Morgan fingerprint density at radius 3 is 2.52 bits per heavy atom. The molecule has 0 spiro atoms. The average molecular weight is 343 g/mol. The van der Waals surface area contributed by atoms with Gasteiger partial charge in [0, 0.05) is 40.0 Å². The molecule has 6 heteroatoms. The van der Waals surface area contributed by atoms with E-state index in [-0.39, 0.29) is 18.3 Å². The number of nitrogens with one attached hydrogen (secondary N) is 2. The standard InChI is InChI=1S/C17H26N2O3.ClH/c1-21-14-11-18-9-10-19-16(20)17(7-12-22-13-8-17)15-5-3-2-4-6-15;/h2-6,18H,7-14H2,1H3,(H,19,20);1H. The molecule has 1 aliphatic heterocycles. The van der Waals surface area contributed by atoms with Crippen LogP contribution in [0.3, 0.4) is 0 Å². The largest absolute Gasteiger partial charge is 0.383 e. The highest BCUT2D eigenvalue weighted by Gasteiger charge is 2.41. The van der Waals surface area contributed by atoms with E-state index in [4.69, 9.17) is 9.47 Å². The molecule has 1 fully saturated rings. The van der Waals surface area contributed by atoms with Gasteiger partial charge in [0.2, 0.25) is 5.91 Å². The van der Waals surface area contributed by atoms with Crippen molar-refractivity contribution in [2.24, 2.45) is 0 Å². The second-order valence-corrected chi connectivity index (χ2v) is 5.56. The van der Waals surface area contributed by atoms with Crippen molar-refractivity contribution in [1.29, 1.82) is 0 Å². The van der Waals surface area contributed by atoms with Crippen LogP contribution in [-0.4, -0.2) is 52.5 Å². The molecule has 2 N–H and O–H groups in total. The lowest BCUT2D eigenvalue weighted by Crippen LogP contribution is -2.49. The molecule has 1 aromatic rings. The van der Waals surface area contributed by atoms with Crippen LogP contribution in [0.4, 0.5) is 0 Å². The molecule has 23 heavy (non-hydrogen) atoms. The smallest absolute Gasteiger partial charge is 0.230 e. The second-order valence-electron chi connectivity index (χ2n) is 5.56. The summed E-state index contributed by atoms with van der Waals surface area (Å²) in [6.45, 7) is 4.11. The quantitative estimate of drug-likeness (QED) is 0.703. The fourth-order valence-electron chi connectivity index (χ4n) is 2.86. The van der Waals surface area contributed by atoms with Gasteiger partial charge >= 0.3 is 0 Å². The van der Waals surface area contributed by atoms with E-state index in [1.807, 2.05) is 30.3 Å². The molecule has 0 radical (unpaired) electrons. The minimum Gasteiger partial charge on any atom is -0.383 e. The van der Waals surface area contributed by atoms with Gasteiger partial charge in [0.05, 0.1) is 12.0 Å². The predicted molar refractivity (Wildman–Crippen MR) is 93.2 cm³/mol. The number of carbonyl (C=O) groups excluding carboxylic acids is 1. The highest BCUT2D eigenvalue weighted by Crippen LogP contribution is 2.34. The topological polar surface area (TPSA) is 59.6 Å². The van der Waals surface area contributed by atoms with Gasteiger partial charge < -0.3 is 20.1 Å². The van der Waals surface area contributed by atoms with Crippen molar-refractivity contribution >= 4 is 18.3 Å². The molecular formula is C17H27ClN2O3. The summed E-state index contributed by atoms with van der Waals surface area (Å²) in [5, 5.41) is 6.30. The minimum absolute atomic E-state index is 0. The van der Waals surface area contributed by atoms with Gasteiger partial charge in [-0.15, -0.1) is 12.4 Å². The summed E-state index contributed by atoms with van der Waals surface area (Å²) >= 11 is 0. The van der Waals surface area contributed by atoms with Crippen LogP contribution in [0.2, 0.25) is 0 Å². The van der Waals surface area contributed by atoms with Gasteiger partial charge in [0.1, 0.15) is 0 Å². The van der Waals surface area contributed by atoms with Crippen molar-refractivity contribution in [3.05, 3.63) is 35.9 Å². The fraction of sp³-hybridized carbons (Fsp3) is 0.588. The summed E-state index contributed by atoms with van der Waals surface area (Å²) < 4.78 is 10.4. The van der Waals surface area contributed by atoms with Crippen LogP contribution < -0.4 is 10.6 Å². The van der Waals surface area contributed by atoms with Crippen molar-refractivity contribution in [2.75, 3.05) is 46.6 Å². The molecule has 0 bridgehead atoms. The van der Waals surface area contributed by atoms with E-state index in [1.54, 1.807) is 7.11 Å². The van der Waals surface area contributed by atoms with E-state index < -0.39 is 5.41 Å². The zero-order valence-corrected chi connectivity index (χ0v) is 14.5. The molecule has 5 nitrogen and oxygen atoms in total. The highest BCUT2D eigenvalue weighted by atomic mass is 35.5. The van der Waals surface area contributed by atoms with Gasteiger partial charge in [-0.3, -0.25) is 4.79 Å². The molecular weight excluding hydrogens is 316 g/mol. The molecule has 1 heterocycles. The number of benzene rings is 1. The molecule has 1 amide bonds. The van der Waals surface area contributed by atoms with Gasteiger partial charge in [-0.05, 0) is 18.4 Å². The Bertz CT molecular complexity index is 450. The van der Waals surface area contributed by atoms with Crippen LogP contribution in [-0.2, 0) is 19.7 Å². The number of ether oxygens (including phenoxy) is 2. The van der Waals surface area contributed by atoms with Gasteiger partial charge in [0.25, 0.3) is 0 Å². The van der Waals surface area contributed by atoms with E-state index in [0.717, 1.165) is 31.5 Å². The molecule has 2 rings (SSSR count). The van der Waals surface area contributed by atoms with E-state index in [0.29, 0.717) is 26.4 Å². The van der Waals surface area contributed by atoms with Crippen LogP contribution in [0.15, 0.2) is 30.3 Å². The Morgan fingerprint density at radius 2 is 1.87 bits per heavy atom. The Kier molecular flexibility index (Phi) is 9.17. The average Bonchev–Trinajstić information content (AvgIpc) is 2.59. The molecule has 0 saturated carbocycles. The lowest BCUT2D eigenvalue weighted by atomic mass is 9.73. The lowest BCUT2D eigenvalue weighted by molar-refractivity contribution is -0.130. The number of carbonyl (C=O) groups is 1. The van der Waals surface area contributed by atoms with Crippen LogP contribution in [0, 0.1) is 0 Å². The molecule has 1 aliphatic rings. The van der Waals surface area contributed by atoms with E-state index in [1.165, 1.54) is 0 Å². The third-order valence-electron chi connectivity index (χ3n) is 4.18. The maximum Gasteiger partial charge on any atom is 0.230 e. The SMILES string of the molecule is COCCNCCNC(=O)C1(c2ccccc2)CCOCC1.Cl. The maximum atomic E-state index is 12.8. The van der Waals surface area contributed by atoms with Gasteiger partial charge in [-0.2, -0.15) is 0 Å². The van der Waals surface area contributed by atoms with Crippen LogP contribution >= 0.6 is 12.4 Å². The molecule has 0 unspecified atom stereocenters. The Labute approximate surface area is 144 Å². The zero-order chi connectivity index (χ0) is 15.7. The Hall–Kier alpha value is -1.14. The number of halogens is 1. The summed E-state index contributed by atoms with van der Waals surface area (Å²) in [5.41, 5.74) is 0.634. The summed E-state index contributed by atoms with van der Waals surface area (Å²) in [5.74, 6) is 0.107. The number of methoxy groups -OCH3 is 1.